The second-order valence-corrected chi connectivity index (χ2v) is 3.69. The lowest BCUT2D eigenvalue weighted by molar-refractivity contribution is 0.414. The number of benzene rings is 2. The molecule has 0 unspecified atom stereocenters. The summed E-state index contributed by atoms with van der Waals surface area (Å²) in [6.07, 6.45) is 0.865. The molecule has 2 rings (SSSR count). The zero-order valence-electron chi connectivity index (χ0n) is 9.18. The van der Waals surface area contributed by atoms with Gasteiger partial charge in [-0.15, -0.1) is 0 Å². The Morgan fingerprint density at radius 2 is 1.38 bits per heavy atom. The molecule has 2 aromatic carbocycles. The van der Waals surface area contributed by atoms with E-state index in [9.17, 15) is 5.11 Å². The quantitative estimate of drug-likeness (QED) is 0.851. The highest BCUT2D eigenvalue weighted by atomic mass is 16.5. The van der Waals surface area contributed by atoms with E-state index in [0.29, 0.717) is 5.75 Å². The molecule has 0 fully saturated rings. The zero-order valence-corrected chi connectivity index (χ0v) is 9.18. The van der Waals surface area contributed by atoms with Crippen LogP contribution in [0.4, 0.5) is 0 Å². The molecule has 0 aromatic heterocycles. The van der Waals surface area contributed by atoms with E-state index in [1.165, 1.54) is 11.1 Å². The Kier molecular flexibility index (Phi) is 3.10. The van der Waals surface area contributed by atoms with Gasteiger partial charge in [0.15, 0.2) is 0 Å². The molecule has 1 N–H and O–H groups in total. The summed E-state index contributed by atoms with van der Waals surface area (Å²) < 4.78 is 5.10. The minimum absolute atomic E-state index is 0.304. The number of phenols is 1. The summed E-state index contributed by atoms with van der Waals surface area (Å²) in [5.41, 5.74) is 2.41. The maximum Gasteiger partial charge on any atom is 0.118 e. The molecule has 0 saturated heterocycles. The first-order valence-electron chi connectivity index (χ1n) is 5.19. The van der Waals surface area contributed by atoms with E-state index in [1.54, 1.807) is 19.2 Å². The standard InChI is InChI=1S/C14H14O2/c1-16-14-8-4-12(5-9-14)10-11-2-6-13(15)7-3-11/h2-9,15H,10H2,1H3. The SMILES string of the molecule is COc1ccc(Cc2ccc(O)cc2)cc1. The highest BCUT2D eigenvalue weighted by Crippen LogP contribution is 2.16. The predicted molar refractivity (Wildman–Crippen MR) is 63.9 cm³/mol. The highest BCUT2D eigenvalue weighted by molar-refractivity contribution is 5.33. The number of hydrogen-bond donors (Lipinski definition) is 1. The molecule has 82 valence electrons. The second-order valence-electron chi connectivity index (χ2n) is 3.69. The van der Waals surface area contributed by atoms with Crippen molar-refractivity contribution < 1.29 is 9.84 Å². The van der Waals surface area contributed by atoms with Crippen LogP contribution in [-0.4, -0.2) is 12.2 Å². The molecule has 0 amide bonds. The second kappa shape index (κ2) is 4.71. The van der Waals surface area contributed by atoms with Gasteiger partial charge in [-0.3, -0.25) is 0 Å². The Balaban J connectivity index is 2.11. The van der Waals surface area contributed by atoms with Gasteiger partial charge in [0.2, 0.25) is 0 Å². The van der Waals surface area contributed by atoms with Crippen molar-refractivity contribution in [1.82, 2.24) is 0 Å². The molecule has 2 nitrogen and oxygen atoms in total. The topological polar surface area (TPSA) is 29.5 Å². The molecule has 0 atom stereocenters. The molecule has 0 radical (unpaired) electrons. The molecule has 0 aliphatic carbocycles. The Morgan fingerprint density at radius 1 is 0.875 bits per heavy atom. The van der Waals surface area contributed by atoms with Crippen LogP contribution >= 0.6 is 0 Å². The van der Waals surface area contributed by atoms with Crippen LogP contribution in [0.5, 0.6) is 11.5 Å². The van der Waals surface area contributed by atoms with Gasteiger partial charge in [0, 0.05) is 0 Å². The van der Waals surface area contributed by atoms with Gasteiger partial charge in [-0.05, 0) is 41.8 Å². The summed E-state index contributed by atoms with van der Waals surface area (Å²) in [6, 6.07) is 15.3. The van der Waals surface area contributed by atoms with Gasteiger partial charge < -0.3 is 9.84 Å². The molecule has 2 aromatic rings. The van der Waals surface area contributed by atoms with Crippen LogP contribution in [0.25, 0.3) is 0 Å². The number of rotatable bonds is 3. The van der Waals surface area contributed by atoms with Gasteiger partial charge in [0.05, 0.1) is 7.11 Å². The third-order valence-corrected chi connectivity index (χ3v) is 2.50. The van der Waals surface area contributed by atoms with E-state index in [2.05, 4.69) is 0 Å². The van der Waals surface area contributed by atoms with Gasteiger partial charge in [0.1, 0.15) is 11.5 Å². The number of hydrogen-bond acceptors (Lipinski definition) is 2. The minimum atomic E-state index is 0.304. The first-order chi connectivity index (χ1) is 7.78. The molecule has 0 heterocycles. The monoisotopic (exact) mass is 214 g/mol. The Hall–Kier alpha value is -1.96. The number of ether oxygens (including phenoxy) is 1. The van der Waals surface area contributed by atoms with Crippen LogP contribution in [0.15, 0.2) is 48.5 Å². The summed E-state index contributed by atoms with van der Waals surface area (Å²) in [7, 11) is 1.66. The van der Waals surface area contributed by atoms with Gasteiger partial charge in [-0.1, -0.05) is 24.3 Å². The van der Waals surface area contributed by atoms with Crippen LogP contribution < -0.4 is 4.74 Å². The predicted octanol–water partition coefficient (Wildman–Crippen LogP) is 2.99. The van der Waals surface area contributed by atoms with Crippen LogP contribution in [0.3, 0.4) is 0 Å². The summed E-state index contributed by atoms with van der Waals surface area (Å²) in [5.74, 6) is 1.17. The maximum atomic E-state index is 9.17. The first-order valence-corrected chi connectivity index (χ1v) is 5.19. The molecule has 0 aliphatic heterocycles. The van der Waals surface area contributed by atoms with E-state index < -0.39 is 0 Å². The van der Waals surface area contributed by atoms with Crippen molar-refractivity contribution in [3.63, 3.8) is 0 Å². The molecule has 0 bridgehead atoms. The normalized spacial score (nSPS) is 10.1. The summed E-state index contributed by atoms with van der Waals surface area (Å²) in [4.78, 5) is 0. The summed E-state index contributed by atoms with van der Waals surface area (Å²) in [6.45, 7) is 0. The van der Waals surface area contributed by atoms with Crippen molar-refractivity contribution in [1.29, 1.82) is 0 Å². The first kappa shape index (κ1) is 10.6. The molecule has 0 aliphatic rings. The van der Waals surface area contributed by atoms with E-state index >= 15 is 0 Å². The van der Waals surface area contributed by atoms with Crippen LogP contribution in [0.1, 0.15) is 11.1 Å². The lowest BCUT2D eigenvalue weighted by Crippen LogP contribution is -1.88. The number of methoxy groups -OCH3 is 1. The maximum absolute atomic E-state index is 9.17. The van der Waals surface area contributed by atoms with Crippen molar-refractivity contribution in [2.75, 3.05) is 7.11 Å². The molecule has 16 heavy (non-hydrogen) atoms. The molecule has 2 heteroatoms. The minimum Gasteiger partial charge on any atom is -0.508 e. The van der Waals surface area contributed by atoms with Gasteiger partial charge in [-0.2, -0.15) is 0 Å². The zero-order chi connectivity index (χ0) is 11.4. The van der Waals surface area contributed by atoms with Crippen molar-refractivity contribution in [3.8, 4) is 11.5 Å². The number of aromatic hydroxyl groups is 1. The molecular weight excluding hydrogens is 200 g/mol. The fraction of sp³-hybridized carbons (Fsp3) is 0.143. The van der Waals surface area contributed by atoms with Crippen LogP contribution in [0.2, 0.25) is 0 Å². The Bertz CT molecular complexity index is 443. The lowest BCUT2D eigenvalue weighted by Gasteiger charge is -2.04. The van der Waals surface area contributed by atoms with Gasteiger partial charge >= 0.3 is 0 Å². The van der Waals surface area contributed by atoms with Crippen molar-refractivity contribution in [2.24, 2.45) is 0 Å². The molecule has 0 spiro atoms. The van der Waals surface area contributed by atoms with E-state index in [4.69, 9.17) is 4.74 Å². The van der Waals surface area contributed by atoms with E-state index in [1.807, 2.05) is 36.4 Å². The van der Waals surface area contributed by atoms with E-state index in [-0.39, 0.29) is 0 Å². The average Bonchev–Trinajstić information content (AvgIpc) is 2.33. The smallest absolute Gasteiger partial charge is 0.118 e. The molecular formula is C14H14O2. The van der Waals surface area contributed by atoms with Crippen LogP contribution in [-0.2, 0) is 6.42 Å². The number of phenolic OH excluding ortho intramolecular Hbond substituents is 1. The Labute approximate surface area is 95.1 Å². The summed E-state index contributed by atoms with van der Waals surface area (Å²) >= 11 is 0. The lowest BCUT2D eigenvalue weighted by atomic mass is 10.1. The highest BCUT2D eigenvalue weighted by Gasteiger charge is 1.97. The van der Waals surface area contributed by atoms with Crippen molar-refractivity contribution in [3.05, 3.63) is 59.7 Å². The van der Waals surface area contributed by atoms with Gasteiger partial charge in [-0.25, -0.2) is 0 Å². The van der Waals surface area contributed by atoms with Crippen molar-refractivity contribution in [2.45, 2.75) is 6.42 Å². The summed E-state index contributed by atoms with van der Waals surface area (Å²) in [5, 5.41) is 9.17. The van der Waals surface area contributed by atoms with Crippen LogP contribution in [0, 0.1) is 0 Å². The fourth-order valence-corrected chi connectivity index (χ4v) is 1.59. The molecule has 0 saturated carbocycles. The van der Waals surface area contributed by atoms with Crippen molar-refractivity contribution >= 4 is 0 Å². The Morgan fingerprint density at radius 3 is 1.88 bits per heavy atom. The van der Waals surface area contributed by atoms with E-state index in [0.717, 1.165) is 12.2 Å². The fourth-order valence-electron chi connectivity index (χ4n) is 1.59. The largest absolute Gasteiger partial charge is 0.508 e. The average molecular weight is 214 g/mol. The third-order valence-electron chi connectivity index (χ3n) is 2.50. The van der Waals surface area contributed by atoms with Gasteiger partial charge in [0.25, 0.3) is 0 Å². The third kappa shape index (κ3) is 2.54.